The van der Waals surface area contributed by atoms with Crippen LogP contribution in [0.1, 0.15) is 37.0 Å². The Bertz CT molecular complexity index is 381. The fourth-order valence-electron chi connectivity index (χ4n) is 4.95. The Hall–Kier alpha value is -0.340. The van der Waals surface area contributed by atoms with Crippen molar-refractivity contribution in [2.75, 3.05) is 0 Å². The number of thiophene rings is 1. The van der Waals surface area contributed by atoms with Gasteiger partial charge in [-0.1, -0.05) is 6.07 Å². The normalized spacial score (nSPS) is 49.8. The summed E-state index contributed by atoms with van der Waals surface area (Å²) >= 11 is 1.97. The third-order valence-electron chi connectivity index (χ3n) is 5.39. The summed E-state index contributed by atoms with van der Waals surface area (Å²) in [4.78, 5) is 1.65. The van der Waals surface area contributed by atoms with Gasteiger partial charge in [-0.3, -0.25) is 0 Å². The van der Waals surface area contributed by atoms with Crippen molar-refractivity contribution in [3.8, 4) is 0 Å². The number of rotatable bonds is 1. The van der Waals surface area contributed by atoms with Gasteiger partial charge in [0.2, 0.25) is 0 Å². The second-order valence-electron chi connectivity index (χ2n) is 6.30. The molecule has 2 unspecified atom stereocenters. The van der Waals surface area contributed by atoms with Crippen LogP contribution >= 0.6 is 11.3 Å². The second-order valence-corrected chi connectivity index (χ2v) is 7.25. The molecule has 2 heteroatoms. The van der Waals surface area contributed by atoms with Crippen LogP contribution < -0.4 is 5.73 Å². The minimum atomic E-state index is 0.518. The summed E-state index contributed by atoms with van der Waals surface area (Å²) in [6, 6.07) is 5.10. The molecule has 4 bridgehead atoms. The predicted molar refractivity (Wildman–Crippen MR) is 67.5 cm³/mol. The van der Waals surface area contributed by atoms with E-state index in [-0.39, 0.29) is 0 Å². The fourth-order valence-corrected chi connectivity index (χ4v) is 5.91. The average Bonchev–Trinajstić information content (AvgIpc) is 2.78. The third kappa shape index (κ3) is 1.15. The summed E-state index contributed by atoms with van der Waals surface area (Å²) in [5.41, 5.74) is 6.92. The van der Waals surface area contributed by atoms with Crippen molar-refractivity contribution < 1.29 is 0 Å². The van der Waals surface area contributed by atoms with Crippen molar-refractivity contribution in [2.24, 2.45) is 23.5 Å². The Labute approximate surface area is 101 Å². The first-order valence-electron chi connectivity index (χ1n) is 6.56. The minimum absolute atomic E-state index is 0.518. The molecule has 0 aliphatic heterocycles. The van der Waals surface area contributed by atoms with Gasteiger partial charge in [-0.05, 0) is 61.3 Å². The molecule has 0 aromatic carbocycles. The lowest BCUT2D eigenvalue weighted by atomic mass is 9.48. The Morgan fingerprint density at radius 3 is 2.56 bits per heavy atom. The first-order valence-corrected chi connectivity index (χ1v) is 7.44. The molecule has 86 valence electrons. The van der Waals surface area contributed by atoms with Crippen LogP contribution in [-0.2, 0) is 5.41 Å². The molecule has 4 aliphatic carbocycles. The van der Waals surface area contributed by atoms with Gasteiger partial charge < -0.3 is 5.73 Å². The zero-order chi connectivity index (χ0) is 10.8. The van der Waals surface area contributed by atoms with Crippen molar-refractivity contribution in [1.82, 2.24) is 0 Å². The largest absolute Gasteiger partial charge is 0.327 e. The molecule has 16 heavy (non-hydrogen) atoms. The zero-order valence-electron chi connectivity index (χ0n) is 9.56. The molecule has 1 heterocycles. The van der Waals surface area contributed by atoms with E-state index < -0.39 is 0 Å². The monoisotopic (exact) mass is 233 g/mol. The molecule has 0 amide bonds. The molecule has 2 atom stereocenters. The lowest BCUT2D eigenvalue weighted by molar-refractivity contribution is -0.0210. The van der Waals surface area contributed by atoms with Crippen LogP contribution in [0.4, 0.5) is 0 Å². The van der Waals surface area contributed by atoms with Gasteiger partial charge in [0, 0.05) is 16.3 Å². The summed E-state index contributed by atoms with van der Waals surface area (Å²) in [5, 5.41) is 2.24. The predicted octanol–water partition coefficient (Wildman–Crippen LogP) is 3.15. The molecular weight excluding hydrogens is 214 g/mol. The summed E-state index contributed by atoms with van der Waals surface area (Å²) in [7, 11) is 0. The molecular formula is C14H19NS. The highest BCUT2D eigenvalue weighted by Gasteiger charge is 2.55. The van der Waals surface area contributed by atoms with E-state index in [1.165, 1.54) is 32.1 Å². The van der Waals surface area contributed by atoms with E-state index in [0.29, 0.717) is 11.5 Å². The molecule has 1 nitrogen and oxygen atoms in total. The van der Waals surface area contributed by atoms with Crippen LogP contribution in [0.25, 0.3) is 0 Å². The molecule has 0 spiro atoms. The number of nitrogens with two attached hydrogens (primary N) is 1. The summed E-state index contributed by atoms with van der Waals surface area (Å²) < 4.78 is 0. The van der Waals surface area contributed by atoms with Crippen LogP contribution in [0.15, 0.2) is 17.5 Å². The maximum absolute atomic E-state index is 6.38. The molecule has 1 aromatic rings. The van der Waals surface area contributed by atoms with E-state index in [1.807, 2.05) is 11.3 Å². The van der Waals surface area contributed by atoms with E-state index >= 15 is 0 Å². The Morgan fingerprint density at radius 1 is 1.19 bits per heavy atom. The molecule has 1 aromatic heterocycles. The van der Waals surface area contributed by atoms with Crippen molar-refractivity contribution in [1.29, 1.82) is 0 Å². The fraction of sp³-hybridized carbons (Fsp3) is 0.714. The van der Waals surface area contributed by atoms with Crippen molar-refractivity contribution >= 4 is 11.3 Å². The van der Waals surface area contributed by atoms with Crippen LogP contribution in [0.2, 0.25) is 0 Å². The van der Waals surface area contributed by atoms with Gasteiger partial charge in [0.1, 0.15) is 0 Å². The topological polar surface area (TPSA) is 26.0 Å². The Balaban J connectivity index is 1.77. The van der Waals surface area contributed by atoms with Gasteiger partial charge >= 0.3 is 0 Å². The van der Waals surface area contributed by atoms with Gasteiger partial charge in [0.05, 0.1) is 0 Å². The van der Waals surface area contributed by atoms with E-state index in [4.69, 9.17) is 5.73 Å². The van der Waals surface area contributed by atoms with Crippen LogP contribution in [0.5, 0.6) is 0 Å². The lowest BCUT2D eigenvalue weighted by Crippen LogP contribution is -2.58. The standard InChI is InChI=1S/C14H19NS/c15-13-10-4-9-5-11(13)8-14(6-9,7-10)12-2-1-3-16-12/h1-3,9-11,13H,4-8,15H2. The van der Waals surface area contributed by atoms with Crippen LogP contribution in [-0.4, -0.2) is 6.04 Å². The van der Waals surface area contributed by atoms with Crippen molar-refractivity contribution in [2.45, 2.75) is 43.6 Å². The van der Waals surface area contributed by atoms with Gasteiger partial charge in [0.15, 0.2) is 0 Å². The Morgan fingerprint density at radius 2 is 1.94 bits per heavy atom. The second kappa shape index (κ2) is 3.11. The molecule has 0 saturated heterocycles. The highest BCUT2D eigenvalue weighted by molar-refractivity contribution is 7.10. The van der Waals surface area contributed by atoms with E-state index in [0.717, 1.165) is 17.8 Å². The SMILES string of the molecule is NC1C2CC3CC1CC(c1cccs1)(C3)C2. The molecule has 5 rings (SSSR count). The Kier molecular flexibility index (Phi) is 1.88. The molecule has 4 aliphatic rings. The van der Waals surface area contributed by atoms with Gasteiger partial charge in [0.25, 0.3) is 0 Å². The molecule has 4 saturated carbocycles. The quantitative estimate of drug-likeness (QED) is 0.792. The zero-order valence-corrected chi connectivity index (χ0v) is 10.4. The summed E-state index contributed by atoms with van der Waals surface area (Å²) in [6.07, 6.45) is 7.05. The number of hydrogen-bond acceptors (Lipinski definition) is 2. The first kappa shape index (κ1) is 9.67. The van der Waals surface area contributed by atoms with Crippen molar-refractivity contribution in [3.05, 3.63) is 22.4 Å². The average molecular weight is 233 g/mol. The van der Waals surface area contributed by atoms with Crippen LogP contribution in [0, 0.1) is 17.8 Å². The van der Waals surface area contributed by atoms with Crippen LogP contribution in [0.3, 0.4) is 0 Å². The van der Waals surface area contributed by atoms with E-state index in [9.17, 15) is 0 Å². The van der Waals surface area contributed by atoms with E-state index in [2.05, 4.69) is 17.5 Å². The highest BCUT2D eigenvalue weighted by atomic mass is 32.1. The first-order chi connectivity index (χ1) is 7.77. The maximum Gasteiger partial charge on any atom is 0.0107 e. The maximum atomic E-state index is 6.38. The molecule has 0 radical (unpaired) electrons. The lowest BCUT2D eigenvalue weighted by Gasteiger charge is -2.59. The van der Waals surface area contributed by atoms with Crippen molar-refractivity contribution in [3.63, 3.8) is 0 Å². The smallest absolute Gasteiger partial charge is 0.0107 e. The third-order valence-corrected chi connectivity index (χ3v) is 6.51. The summed E-state index contributed by atoms with van der Waals surface area (Å²) in [5.74, 6) is 2.64. The summed E-state index contributed by atoms with van der Waals surface area (Å²) in [6.45, 7) is 0. The van der Waals surface area contributed by atoms with Gasteiger partial charge in [-0.2, -0.15) is 0 Å². The minimum Gasteiger partial charge on any atom is -0.327 e. The molecule has 4 fully saturated rings. The van der Waals surface area contributed by atoms with E-state index in [1.54, 1.807) is 4.88 Å². The van der Waals surface area contributed by atoms with Gasteiger partial charge in [-0.25, -0.2) is 0 Å². The number of hydrogen-bond donors (Lipinski definition) is 1. The highest BCUT2D eigenvalue weighted by Crippen LogP contribution is 2.60. The molecule has 2 N–H and O–H groups in total. The van der Waals surface area contributed by atoms with Gasteiger partial charge in [-0.15, -0.1) is 11.3 Å².